The summed E-state index contributed by atoms with van der Waals surface area (Å²) in [5.41, 5.74) is 17.1. The van der Waals surface area contributed by atoms with Gasteiger partial charge in [-0.1, -0.05) is 117 Å². The molecule has 51 heavy (non-hydrogen) atoms. The van der Waals surface area contributed by atoms with Crippen LogP contribution >= 0.6 is 11.3 Å². The van der Waals surface area contributed by atoms with E-state index in [1.54, 1.807) is 11.1 Å². The Balaban J connectivity index is 1.20. The Labute approximate surface area is 306 Å². The van der Waals surface area contributed by atoms with Crippen LogP contribution in [0, 0.1) is 5.92 Å². The van der Waals surface area contributed by atoms with Gasteiger partial charge >= 0.3 is 0 Å². The number of thiophene rings is 1. The third-order valence-corrected chi connectivity index (χ3v) is 13.7. The summed E-state index contributed by atoms with van der Waals surface area (Å²) < 4.78 is 2.72. The third-order valence-electron chi connectivity index (χ3n) is 12.5. The number of benzene rings is 5. The van der Waals surface area contributed by atoms with Gasteiger partial charge in [-0.25, -0.2) is 0 Å². The molecule has 0 amide bonds. The number of aryl methyl sites for hydroxylation is 1. The van der Waals surface area contributed by atoms with Crippen molar-refractivity contribution in [2.75, 3.05) is 4.90 Å². The lowest BCUT2D eigenvalue weighted by molar-refractivity contribution is 0.350. The molecule has 0 N–H and O–H groups in total. The van der Waals surface area contributed by atoms with Crippen LogP contribution in [0.15, 0.2) is 151 Å². The standard InChI is InChI=1S/C49H43NS/c1-4-33-15-5-6-16-35(33)30-32(3)50(43-26-14-28-45-46(43)41-21-8-10-27-44(41)51-45)36-19-11-17-34-18-12-22-39-40-24-13-23-38-37-20-7-9-25-42(37)49(47(34)39,48(38)40)31(2)29-36/h4,6-10,12-14,16,18,20-28,30-31,36H,1,5,11,15,17,19,29H2,2-3H3/b32-30+. The van der Waals surface area contributed by atoms with E-state index < -0.39 is 0 Å². The molecule has 250 valence electrons. The first-order valence-electron chi connectivity index (χ1n) is 18.9. The van der Waals surface area contributed by atoms with Crippen molar-refractivity contribution < 1.29 is 0 Å². The van der Waals surface area contributed by atoms with Gasteiger partial charge in [0.25, 0.3) is 0 Å². The van der Waals surface area contributed by atoms with E-state index >= 15 is 0 Å². The minimum Gasteiger partial charge on any atom is -0.342 e. The van der Waals surface area contributed by atoms with Crippen LogP contribution in [0.1, 0.15) is 68.2 Å². The number of allylic oxidation sites excluding steroid dienone is 7. The highest BCUT2D eigenvalue weighted by molar-refractivity contribution is 7.26. The van der Waals surface area contributed by atoms with Gasteiger partial charge < -0.3 is 4.90 Å². The van der Waals surface area contributed by atoms with Crippen molar-refractivity contribution in [1.82, 2.24) is 0 Å². The fraction of sp³-hybridized carbons (Fsp3) is 0.224. The van der Waals surface area contributed by atoms with Gasteiger partial charge in [-0.15, -0.1) is 11.3 Å². The van der Waals surface area contributed by atoms with Gasteiger partial charge in [0, 0.05) is 31.9 Å². The fourth-order valence-electron chi connectivity index (χ4n) is 10.6. The molecule has 0 radical (unpaired) electrons. The summed E-state index contributed by atoms with van der Waals surface area (Å²) in [6, 6.07) is 39.9. The summed E-state index contributed by atoms with van der Waals surface area (Å²) in [5, 5.41) is 2.75. The molecule has 1 nitrogen and oxygen atoms in total. The molecule has 6 aromatic rings. The zero-order valence-corrected chi connectivity index (χ0v) is 30.4. The quantitative estimate of drug-likeness (QED) is 0.176. The van der Waals surface area contributed by atoms with Gasteiger partial charge in [0.1, 0.15) is 0 Å². The summed E-state index contributed by atoms with van der Waals surface area (Å²) >= 11 is 1.92. The van der Waals surface area contributed by atoms with Gasteiger partial charge in [0.2, 0.25) is 0 Å². The Morgan fingerprint density at radius 1 is 0.804 bits per heavy atom. The molecule has 10 rings (SSSR count). The molecule has 3 atom stereocenters. The first-order chi connectivity index (χ1) is 25.1. The smallest absolute Gasteiger partial charge is 0.0505 e. The SMILES string of the molecule is C=CC1=C(/C=C(\C)N(c2cccc3sc4ccccc4c23)C2CCCc3cccc4c3C3(c5ccccc5-c5cccc-4c53)C(C)C2)C=CCC1. The predicted octanol–water partition coefficient (Wildman–Crippen LogP) is 13.3. The van der Waals surface area contributed by atoms with Gasteiger partial charge in [-0.05, 0) is 131 Å². The molecule has 2 heteroatoms. The van der Waals surface area contributed by atoms with Crippen LogP contribution in [0.2, 0.25) is 0 Å². The van der Waals surface area contributed by atoms with E-state index in [-0.39, 0.29) is 5.41 Å². The average Bonchev–Trinajstić information content (AvgIpc) is 3.81. The lowest BCUT2D eigenvalue weighted by Crippen LogP contribution is -2.40. The fourth-order valence-corrected chi connectivity index (χ4v) is 11.7. The lowest BCUT2D eigenvalue weighted by Gasteiger charge is -2.42. The van der Waals surface area contributed by atoms with Gasteiger partial charge in [0.15, 0.2) is 0 Å². The number of fused-ring (bicyclic) bond motifs is 6. The number of rotatable bonds is 5. The van der Waals surface area contributed by atoms with Crippen LogP contribution in [-0.4, -0.2) is 6.04 Å². The Bertz CT molecular complexity index is 2500. The van der Waals surface area contributed by atoms with E-state index in [0.717, 1.165) is 38.5 Å². The van der Waals surface area contributed by atoms with Crippen molar-refractivity contribution >= 4 is 37.2 Å². The summed E-state index contributed by atoms with van der Waals surface area (Å²) in [6.45, 7) is 9.15. The van der Waals surface area contributed by atoms with Crippen molar-refractivity contribution in [3.8, 4) is 22.3 Å². The van der Waals surface area contributed by atoms with Crippen molar-refractivity contribution in [3.05, 3.63) is 173 Å². The molecule has 1 aromatic heterocycles. The van der Waals surface area contributed by atoms with E-state index in [4.69, 9.17) is 0 Å². The zero-order chi connectivity index (χ0) is 34.3. The van der Waals surface area contributed by atoms with Crippen LogP contribution in [0.3, 0.4) is 0 Å². The Morgan fingerprint density at radius 2 is 1.53 bits per heavy atom. The average molecular weight is 678 g/mol. The largest absolute Gasteiger partial charge is 0.342 e. The Hall–Kier alpha value is -4.92. The molecule has 3 unspecified atom stereocenters. The van der Waals surface area contributed by atoms with Crippen molar-refractivity contribution in [2.45, 2.75) is 63.8 Å². The lowest BCUT2D eigenvalue weighted by atomic mass is 9.64. The second-order valence-corrected chi connectivity index (χ2v) is 16.2. The number of hydrogen-bond donors (Lipinski definition) is 0. The summed E-state index contributed by atoms with van der Waals surface area (Å²) in [6.07, 6.45) is 15.8. The molecule has 0 saturated heterocycles. The first-order valence-corrected chi connectivity index (χ1v) is 19.7. The highest BCUT2D eigenvalue weighted by atomic mass is 32.1. The van der Waals surface area contributed by atoms with E-state index in [0.29, 0.717) is 12.0 Å². The molecular formula is C49H43NS. The minimum absolute atomic E-state index is 0.161. The zero-order valence-electron chi connectivity index (χ0n) is 29.6. The van der Waals surface area contributed by atoms with E-state index in [9.17, 15) is 0 Å². The molecule has 1 spiro atoms. The van der Waals surface area contributed by atoms with Crippen LogP contribution in [0.4, 0.5) is 5.69 Å². The maximum atomic E-state index is 4.21. The van der Waals surface area contributed by atoms with E-state index in [1.165, 1.54) is 76.1 Å². The van der Waals surface area contributed by atoms with Crippen LogP contribution < -0.4 is 4.90 Å². The molecule has 0 fully saturated rings. The first kappa shape index (κ1) is 30.9. The van der Waals surface area contributed by atoms with Crippen LogP contribution in [-0.2, 0) is 11.8 Å². The van der Waals surface area contributed by atoms with Crippen molar-refractivity contribution in [3.63, 3.8) is 0 Å². The summed E-state index contributed by atoms with van der Waals surface area (Å²) in [5.74, 6) is 0.373. The summed E-state index contributed by atoms with van der Waals surface area (Å²) in [7, 11) is 0. The number of anilines is 1. The van der Waals surface area contributed by atoms with Crippen molar-refractivity contribution in [2.24, 2.45) is 5.92 Å². The maximum Gasteiger partial charge on any atom is 0.0505 e. The topological polar surface area (TPSA) is 3.24 Å². The number of hydrogen-bond acceptors (Lipinski definition) is 2. The van der Waals surface area contributed by atoms with Gasteiger partial charge in [0.05, 0.1) is 11.1 Å². The van der Waals surface area contributed by atoms with Gasteiger partial charge in [-0.2, -0.15) is 0 Å². The Morgan fingerprint density at radius 3 is 2.41 bits per heavy atom. The minimum atomic E-state index is -0.161. The summed E-state index contributed by atoms with van der Waals surface area (Å²) in [4.78, 5) is 2.77. The molecule has 4 aliphatic carbocycles. The van der Waals surface area contributed by atoms with Crippen LogP contribution in [0.5, 0.6) is 0 Å². The monoisotopic (exact) mass is 677 g/mol. The van der Waals surface area contributed by atoms with Gasteiger partial charge in [-0.3, -0.25) is 0 Å². The van der Waals surface area contributed by atoms with Crippen LogP contribution in [0.25, 0.3) is 42.4 Å². The molecule has 0 bridgehead atoms. The van der Waals surface area contributed by atoms with E-state index in [2.05, 4.69) is 153 Å². The van der Waals surface area contributed by atoms with Crippen molar-refractivity contribution in [1.29, 1.82) is 0 Å². The molecule has 0 saturated carbocycles. The normalized spacial score (nSPS) is 22.0. The second kappa shape index (κ2) is 11.8. The highest BCUT2D eigenvalue weighted by Gasteiger charge is 2.55. The van der Waals surface area contributed by atoms with E-state index in [1.807, 2.05) is 11.3 Å². The molecule has 4 aliphatic rings. The predicted molar refractivity (Wildman–Crippen MR) is 219 cm³/mol. The molecule has 5 aromatic carbocycles. The number of nitrogens with zero attached hydrogens (tertiary/aromatic N) is 1. The highest BCUT2D eigenvalue weighted by Crippen LogP contribution is 2.66. The third kappa shape index (κ3) is 4.39. The molecule has 0 aliphatic heterocycles. The Kier molecular flexibility index (Phi) is 7.15. The molecular weight excluding hydrogens is 635 g/mol. The molecule has 1 heterocycles. The maximum absolute atomic E-state index is 4.21. The second-order valence-electron chi connectivity index (χ2n) is 15.1.